The summed E-state index contributed by atoms with van der Waals surface area (Å²) in [6, 6.07) is 6.60. The minimum atomic E-state index is 0. The van der Waals surface area contributed by atoms with Crippen molar-refractivity contribution in [1.82, 2.24) is 15.3 Å². The molecule has 0 saturated carbocycles. The molecule has 0 amide bonds. The second kappa shape index (κ2) is 5.29. The Balaban J connectivity index is 0.00000108. The number of hydrogen-bond acceptors (Lipinski definition) is 4. The van der Waals surface area contributed by atoms with Crippen LogP contribution in [-0.4, -0.2) is 29.1 Å². The van der Waals surface area contributed by atoms with Crippen molar-refractivity contribution in [2.75, 3.05) is 18.4 Å². The lowest BCUT2D eigenvalue weighted by molar-refractivity contribution is 0.793. The molecule has 1 aliphatic rings. The molecule has 3 rings (SSSR count). The van der Waals surface area contributed by atoms with Crippen molar-refractivity contribution >= 4 is 29.1 Å². The lowest BCUT2D eigenvalue weighted by Crippen LogP contribution is -2.22. The van der Waals surface area contributed by atoms with Crippen LogP contribution in [0.25, 0.3) is 11.0 Å². The Morgan fingerprint density at radius 2 is 2.29 bits per heavy atom. The first-order chi connectivity index (χ1) is 7.92. The Bertz CT molecular complexity index is 497. The summed E-state index contributed by atoms with van der Waals surface area (Å²) in [5.74, 6) is 0. The van der Waals surface area contributed by atoms with Gasteiger partial charge in [0.1, 0.15) is 0 Å². The minimum absolute atomic E-state index is 0. The minimum Gasteiger partial charge on any atom is -0.380 e. The van der Waals surface area contributed by atoms with Gasteiger partial charge in [-0.2, -0.15) is 0 Å². The van der Waals surface area contributed by atoms with Gasteiger partial charge in [-0.25, -0.2) is 9.97 Å². The Labute approximate surface area is 106 Å². The van der Waals surface area contributed by atoms with E-state index in [1.165, 1.54) is 6.42 Å². The van der Waals surface area contributed by atoms with Crippen LogP contribution in [0.5, 0.6) is 0 Å². The van der Waals surface area contributed by atoms with Gasteiger partial charge in [-0.15, -0.1) is 12.4 Å². The molecular weight excluding hydrogens is 236 g/mol. The van der Waals surface area contributed by atoms with Gasteiger partial charge in [-0.3, -0.25) is 0 Å². The summed E-state index contributed by atoms with van der Waals surface area (Å²) >= 11 is 0. The van der Waals surface area contributed by atoms with Crippen molar-refractivity contribution in [2.45, 2.75) is 12.5 Å². The highest BCUT2D eigenvalue weighted by Crippen LogP contribution is 2.16. The van der Waals surface area contributed by atoms with Crippen LogP contribution in [0, 0.1) is 0 Å². The van der Waals surface area contributed by atoms with Gasteiger partial charge < -0.3 is 10.6 Å². The average molecular weight is 251 g/mol. The van der Waals surface area contributed by atoms with E-state index in [1.807, 2.05) is 18.3 Å². The molecular formula is C12H15ClN4. The van der Waals surface area contributed by atoms with Crippen LogP contribution in [0.1, 0.15) is 6.42 Å². The number of fused-ring (bicyclic) bond motifs is 1. The van der Waals surface area contributed by atoms with Gasteiger partial charge in [-0.1, -0.05) is 0 Å². The topological polar surface area (TPSA) is 49.8 Å². The highest BCUT2D eigenvalue weighted by Gasteiger charge is 2.13. The van der Waals surface area contributed by atoms with Crippen LogP contribution < -0.4 is 10.6 Å². The monoisotopic (exact) mass is 250 g/mol. The summed E-state index contributed by atoms with van der Waals surface area (Å²) in [6.07, 6.45) is 4.79. The lowest BCUT2D eigenvalue weighted by atomic mass is 10.2. The van der Waals surface area contributed by atoms with Gasteiger partial charge in [-0.05, 0) is 31.2 Å². The molecule has 4 nitrogen and oxygen atoms in total. The van der Waals surface area contributed by atoms with Gasteiger partial charge in [0.2, 0.25) is 0 Å². The molecule has 1 fully saturated rings. The fourth-order valence-corrected chi connectivity index (χ4v) is 2.06. The van der Waals surface area contributed by atoms with Gasteiger partial charge >= 0.3 is 0 Å². The van der Waals surface area contributed by atoms with Crippen LogP contribution in [0.3, 0.4) is 0 Å². The maximum Gasteiger partial charge on any atom is 0.159 e. The molecule has 0 unspecified atom stereocenters. The largest absolute Gasteiger partial charge is 0.380 e. The molecule has 0 aliphatic carbocycles. The summed E-state index contributed by atoms with van der Waals surface area (Å²) in [5.41, 5.74) is 1.88. The average Bonchev–Trinajstić information content (AvgIpc) is 2.82. The second-order valence-corrected chi connectivity index (χ2v) is 4.11. The molecule has 1 aliphatic heterocycles. The zero-order chi connectivity index (χ0) is 10.8. The normalized spacial score (nSPS) is 18.9. The third kappa shape index (κ3) is 2.65. The fraction of sp³-hybridized carbons (Fsp3) is 0.333. The second-order valence-electron chi connectivity index (χ2n) is 4.11. The molecule has 1 atom stereocenters. The standard InChI is InChI=1S/C12H14N4.ClH/c1-2-9-6-11(8-15-12(9)14-4-1)16-10-3-5-13-7-10;/h1-2,4,6,8,10,13,16H,3,5,7H2;1H/t10-;/m1./s1. The van der Waals surface area contributed by atoms with Crippen LogP contribution >= 0.6 is 12.4 Å². The molecule has 2 aromatic heterocycles. The van der Waals surface area contributed by atoms with Crippen LogP contribution in [-0.2, 0) is 0 Å². The van der Waals surface area contributed by atoms with Crippen molar-refractivity contribution in [1.29, 1.82) is 0 Å². The molecule has 5 heteroatoms. The predicted octanol–water partition coefficient (Wildman–Crippen LogP) is 1.83. The first-order valence-electron chi connectivity index (χ1n) is 5.60. The molecule has 0 radical (unpaired) electrons. The third-order valence-electron chi connectivity index (χ3n) is 2.88. The van der Waals surface area contributed by atoms with E-state index in [0.29, 0.717) is 6.04 Å². The van der Waals surface area contributed by atoms with E-state index < -0.39 is 0 Å². The number of pyridine rings is 2. The summed E-state index contributed by atoms with van der Waals surface area (Å²) in [4.78, 5) is 8.53. The number of aromatic nitrogens is 2. The zero-order valence-corrected chi connectivity index (χ0v) is 10.2. The number of nitrogens with zero attached hydrogens (tertiary/aromatic N) is 2. The van der Waals surface area contributed by atoms with Crippen LogP contribution in [0.4, 0.5) is 5.69 Å². The quantitative estimate of drug-likeness (QED) is 0.854. The predicted molar refractivity (Wildman–Crippen MR) is 71.7 cm³/mol. The maximum atomic E-state index is 4.33. The van der Waals surface area contributed by atoms with Crippen molar-refractivity contribution in [3.63, 3.8) is 0 Å². The van der Waals surface area contributed by atoms with E-state index in [-0.39, 0.29) is 12.4 Å². The number of hydrogen-bond donors (Lipinski definition) is 2. The summed E-state index contributed by atoms with van der Waals surface area (Å²) < 4.78 is 0. The molecule has 0 bridgehead atoms. The number of halogens is 1. The maximum absolute atomic E-state index is 4.33. The van der Waals surface area contributed by atoms with E-state index in [1.54, 1.807) is 6.20 Å². The van der Waals surface area contributed by atoms with E-state index in [9.17, 15) is 0 Å². The molecule has 17 heavy (non-hydrogen) atoms. The number of rotatable bonds is 2. The van der Waals surface area contributed by atoms with Crippen LogP contribution in [0.15, 0.2) is 30.6 Å². The summed E-state index contributed by atoms with van der Waals surface area (Å²) in [5, 5.41) is 7.90. The fourth-order valence-electron chi connectivity index (χ4n) is 2.06. The highest BCUT2D eigenvalue weighted by atomic mass is 35.5. The highest BCUT2D eigenvalue weighted by molar-refractivity contribution is 5.85. The van der Waals surface area contributed by atoms with Gasteiger partial charge in [0.25, 0.3) is 0 Å². The number of anilines is 1. The Hall–Kier alpha value is -1.39. The number of nitrogens with one attached hydrogen (secondary N) is 2. The molecule has 2 aromatic rings. The van der Waals surface area contributed by atoms with Crippen molar-refractivity contribution in [3.8, 4) is 0 Å². The first-order valence-corrected chi connectivity index (χ1v) is 5.60. The van der Waals surface area contributed by atoms with E-state index in [4.69, 9.17) is 0 Å². The Morgan fingerprint density at radius 1 is 1.35 bits per heavy atom. The van der Waals surface area contributed by atoms with Crippen molar-refractivity contribution in [2.24, 2.45) is 0 Å². The third-order valence-corrected chi connectivity index (χ3v) is 2.88. The zero-order valence-electron chi connectivity index (χ0n) is 9.39. The summed E-state index contributed by atoms with van der Waals surface area (Å²) in [7, 11) is 0. The van der Waals surface area contributed by atoms with E-state index in [0.717, 1.165) is 29.8 Å². The van der Waals surface area contributed by atoms with Gasteiger partial charge in [0.15, 0.2) is 5.65 Å². The van der Waals surface area contributed by atoms with Gasteiger partial charge in [0, 0.05) is 24.2 Å². The molecule has 3 heterocycles. The SMILES string of the molecule is Cl.c1cnc2ncc(N[C@@H]3CCNC3)cc2c1. The molecule has 90 valence electrons. The Morgan fingerprint density at radius 3 is 3.12 bits per heavy atom. The van der Waals surface area contributed by atoms with E-state index >= 15 is 0 Å². The molecule has 1 saturated heterocycles. The van der Waals surface area contributed by atoms with Crippen molar-refractivity contribution in [3.05, 3.63) is 30.6 Å². The lowest BCUT2D eigenvalue weighted by Gasteiger charge is -2.12. The van der Waals surface area contributed by atoms with E-state index in [2.05, 4.69) is 26.7 Å². The van der Waals surface area contributed by atoms with Crippen molar-refractivity contribution < 1.29 is 0 Å². The smallest absolute Gasteiger partial charge is 0.159 e. The van der Waals surface area contributed by atoms with Crippen LogP contribution in [0.2, 0.25) is 0 Å². The Kier molecular flexibility index (Phi) is 3.76. The molecule has 2 N–H and O–H groups in total. The molecule has 0 aromatic carbocycles. The first kappa shape index (κ1) is 12.1. The van der Waals surface area contributed by atoms with Gasteiger partial charge in [0.05, 0.1) is 11.9 Å². The summed E-state index contributed by atoms with van der Waals surface area (Å²) in [6.45, 7) is 2.13. The molecule has 0 spiro atoms.